The molecule has 2 unspecified atom stereocenters. The lowest BCUT2D eigenvalue weighted by Gasteiger charge is -2.37. The summed E-state index contributed by atoms with van der Waals surface area (Å²) in [6.45, 7) is 10.7. The van der Waals surface area contributed by atoms with Crippen molar-refractivity contribution in [1.82, 2.24) is 20.3 Å². The van der Waals surface area contributed by atoms with Gasteiger partial charge in [-0.1, -0.05) is 85.0 Å². The molecule has 0 aliphatic carbocycles. The molecule has 9 rings (SSSR count). The van der Waals surface area contributed by atoms with Gasteiger partial charge in [0.2, 0.25) is 5.91 Å². The molecular weight excluding hydrogens is 913 g/mol. The number of aliphatic hydroxyl groups excluding tert-OH is 2. The van der Waals surface area contributed by atoms with Crippen LogP contribution in [-0.4, -0.2) is 97.8 Å². The minimum atomic E-state index is -2.48. The molecule has 3 N–H and O–H groups in total. The highest BCUT2D eigenvalue weighted by Gasteiger charge is 2.66. The Morgan fingerprint density at radius 1 is 0.873 bits per heavy atom. The Balaban J connectivity index is 1.06. The first kappa shape index (κ1) is 49.6. The number of nitrogens with zero attached hydrogens (tertiary/aromatic N) is 5. The standard InChI is InChI=1S/C56H66N6O8Si/c1-7-69-44-21-24-50-40(31-44)32-48(57-27-11-12-29-63)54(65)62(50)41-17-13-14-38(30-41)34-61-51-25-20-43(68-4)33-47(51)56(55(61)66)37(2)53(71(5,6)45-22-18-42(67-3)19-23-45)52(70-56)26-28-60-35-49(58-59-60)46(36-64)39-15-9-8-10-16-39/h8-10,13-25,30-31,33,35,37,46,48,52-53,57,63-64H,7,11-12,26-29,32,34,36H2,1-6H3/t37-,46?,48?,52+,53-,56+/m1/s1. The first-order valence-corrected chi connectivity index (χ1v) is 27.9. The largest absolute Gasteiger partial charge is 0.497 e. The average molecular weight is 979 g/mol. The zero-order valence-corrected chi connectivity index (χ0v) is 42.6. The molecule has 3 aliphatic rings. The van der Waals surface area contributed by atoms with E-state index in [9.17, 15) is 15.0 Å². The van der Waals surface area contributed by atoms with Gasteiger partial charge in [-0.3, -0.25) is 19.2 Å². The van der Waals surface area contributed by atoms with Crippen molar-refractivity contribution in [3.05, 3.63) is 149 Å². The molecular formula is C56H66N6O8Si. The van der Waals surface area contributed by atoms with Crippen LogP contribution in [-0.2, 0) is 39.4 Å². The number of rotatable bonds is 20. The van der Waals surface area contributed by atoms with E-state index in [1.807, 2.05) is 126 Å². The highest BCUT2D eigenvalue weighted by Crippen LogP contribution is 2.60. The number of benzene rings is 5. The number of fused-ring (bicyclic) bond motifs is 3. The monoisotopic (exact) mass is 978 g/mol. The second-order valence-corrected chi connectivity index (χ2v) is 24.2. The van der Waals surface area contributed by atoms with Gasteiger partial charge in [-0.05, 0) is 122 Å². The molecule has 3 aliphatic heterocycles. The molecule has 372 valence electrons. The van der Waals surface area contributed by atoms with E-state index in [1.54, 1.807) is 19.1 Å². The summed E-state index contributed by atoms with van der Waals surface area (Å²) in [7, 11) is 0.823. The molecule has 2 amide bonds. The fourth-order valence-electron chi connectivity index (χ4n) is 11.4. The minimum Gasteiger partial charge on any atom is -0.497 e. The summed E-state index contributed by atoms with van der Waals surface area (Å²) in [4.78, 5) is 34.0. The lowest BCUT2D eigenvalue weighted by molar-refractivity contribution is -0.146. The number of aromatic nitrogens is 3. The van der Waals surface area contributed by atoms with Gasteiger partial charge in [0.1, 0.15) is 17.2 Å². The van der Waals surface area contributed by atoms with Crippen LogP contribution < -0.4 is 34.5 Å². The highest BCUT2D eigenvalue weighted by atomic mass is 28.3. The number of nitrogens with one attached hydrogen (secondary N) is 1. The number of aryl methyl sites for hydroxylation is 1. The maximum atomic E-state index is 15.8. The van der Waals surface area contributed by atoms with Crippen molar-refractivity contribution in [3.8, 4) is 17.2 Å². The second kappa shape index (κ2) is 21.2. The van der Waals surface area contributed by atoms with E-state index >= 15 is 4.79 Å². The number of hydrogen-bond acceptors (Lipinski definition) is 11. The molecule has 1 aromatic heterocycles. The van der Waals surface area contributed by atoms with Crippen LogP contribution in [0.1, 0.15) is 67.0 Å². The molecule has 6 aromatic rings. The summed E-state index contributed by atoms with van der Waals surface area (Å²) < 4.78 is 26.6. The van der Waals surface area contributed by atoms with Crippen LogP contribution in [0.4, 0.5) is 17.1 Å². The van der Waals surface area contributed by atoms with Crippen LogP contribution in [0.25, 0.3) is 0 Å². The third-order valence-electron chi connectivity index (χ3n) is 15.0. The molecule has 0 bridgehead atoms. The smallest absolute Gasteiger partial charge is 0.264 e. The van der Waals surface area contributed by atoms with Crippen LogP contribution in [0.15, 0.2) is 121 Å². The predicted molar refractivity (Wildman–Crippen MR) is 277 cm³/mol. The van der Waals surface area contributed by atoms with Crippen LogP contribution in [0.5, 0.6) is 17.2 Å². The van der Waals surface area contributed by atoms with Crippen molar-refractivity contribution < 1.29 is 38.7 Å². The Bertz CT molecular complexity index is 2820. The third-order valence-corrected chi connectivity index (χ3v) is 19.4. The molecule has 4 heterocycles. The number of ether oxygens (including phenoxy) is 4. The molecule has 0 radical (unpaired) electrons. The SMILES string of the molecule is CCOc1ccc2c(c1)CC(NCCCCO)C(=O)N2c1cccc(CN2C(=O)[C@@]3(O[C@@H](CCn4cc(C(CO)c5ccccc5)nn4)[C@H]([Si](C)(C)c4ccc(OC)cc4)[C@H]3C)c3cc(OC)ccc32)c1. The van der Waals surface area contributed by atoms with Crippen LogP contribution in [0, 0.1) is 5.92 Å². The maximum absolute atomic E-state index is 15.8. The predicted octanol–water partition coefficient (Wildman–Crippen LogP) is 7.62. The van der Waals surface area contributed by atoms with Gasteiger partial charge in [0, 0.05) is 36.5 Å². The van der Waals surface area contributed by atoms with Gasteiger partial charge in [0.15, 0.2) is 5.60 Å². The Labute approximate surface area is 417 Å². The zero-order chi connectivity index (χ0) is 49.9. The lowest BCUT2D eigenvalue weighted by atomic mass is 9.82. The van der Waals surface area contributed by atoms with E-state index in [4.69, 9.17) is 18.9 Å². The summed E-state index contributed by atoms with van der Waals surface area (Å²) in [6.07, 6.45) is 4.01. The van der Waals surface area contributed by atoms with Gasteiger partial charge < -0.3 is 39.4 Å². The minimum absolute atomic E-state index is 0.0294. The van der Waals surface area contributed by atoms with Gasteiger partial charge in [0.25, 0.3) is 5.91 Å². The normalized spacial score (nSPS) is 21.1. The zero-order valence-electron chi connectivity index (χ0n) is 41.6. The van der Waals surface area contributed by atoms with E-state index in [0.717, 1.165) is 51.5 Å². The first-order valence-electron chi connectivity index (χ1n) is 24.9. The molecule has 5 aromatic carbocycles. The Morgan fingerprint density at radius 2 is 1.62 bits per heavy atom. The maximum Gasteiger partial charge on any atom is 0.264 e. The van der Waals surface area contributed by atoms with Crippen LogP contribution in [0.3, 0.4) is 0 Å². The van der Waals surface area contributed by atoms with E-state index < -0.39 is 19.7 Å². The number of hydrogen-bond donors (Lipinski definition) is 3. The van der Waals surface area contributed by atoms with E-state index in [2.05, 4.69) is 47.8 Å². The number of unbranched alkanes of at least 4 members (excludes halogenated alkanes) is 1. The molecule has 1 saturated heterocycles. The van der Waals surface area contributed by atoms with Crippen molar-refractivity contribution >= 4 is 42.1 Å². The summed E-state index contributed by atoms with van der Waals surface area (Å²) in [5.74, 6) is 1.36. The average Bonchev–Trinajstić information content (AvgIpc) is 4.05. The quantitative estimate of drug-likeness (QED) is 0.0510. The summed E-state index contributed by atoms with van der Waals surface area (Å²) in [5.41, 5.74) is 5.12. The number of aliphatic hydroxyl groups is 2. The van der Waals surface area contributed by atoms with Crippen molar-refractivity contribution in [2.24, 2.45) is 5.92 Å². The number of carbonyl (C=O) groups excluding carboxylic acids is 2. The fourth-order valence-corrected chi connectivity index (χ4v) is 15.5. The number of anilines is 3. The summed E-state index contributed by atoms with van der Waals surface area (Å²) in [6, 6.07) is 37.3. The van der Waals surface area contributed by atoms with Gasteiger partial charge in [-0.15, -0.1) is 5.10 Å². The van der Waals surface area contributed by atoms with Gasteiger partial charge >= 0.3 is 0 Å². The molecule has 71 heavy (non-hydrogen) atoms. The van der Waals surface area contributed by atoms with Crippen LogP contribution >= 0.6 is 0 Å². The third kappa shape index (κ3) is 9.49. The van der Waals surface area contributed by atoms with E-state index in [0.29, 0.717) is 56.1 Å². The molecule has 0 saturated carbocycles. The molecule has 6 atom stereocenters. The number of carbonyl (C=O) groups is 2. The Kier molecular flexibility index (Phi) is 14.8. The van der Waals surface area contributed by atoms with Crippen molar-refractivity contribution in [2.45, 2.75) is 94.9 Å². The topological polar surface area (TPSA) is 161 Å². The Hall–Kier alpha value is -6.36. The number of amides is 2. The van der Waals surface area contributed by atoms with Gasteiger partial charge in [-0.25, -0.2) is 0 Å². The Morgan fingerprint density at radius 3 is 2.35 bits per heavy atom. The summed E-state index contributed by atoms with van der Waals surface area (Å²) in [5, 5.41) is 33.6. The molecule has 1 spiro atoms. The first-order chi connectivity index (χ1) is 34.4. The van der Waals surface area contributed by atoms with Crippen molar-refractivity contribution in [2.75, 3.05) is 50.4 Å². The van der Waals surface area contributed by atoms with E-state index in [1.165, 1.54) is 5.19 Å². The van der Waals surface area contributed by atoms with E-state index in [-0.39, 0.29) is 55.1 Å². The lowest BCUT2D eigenvalue weighted by Crippen LogP contribution is -2.51. The molecule has 15 heteroatoms. The number of methoxy groups -OCH3 is 2. The summed E-state index contributed by atoms with van der Waals surface area (Å²) >= 11 is 0. The van der Waals surface area contributed by atoms with Crippen molar-refractivity contribution in [3.63, 3.8) is 0 Å². The van der Waals surface area contributed by atoms with Gasteiger partial charge in [-0.2, -0.15) is 0 Å². The van der Waals surface area contributed by atoms with Gasteiger partial charge in [0.05, 0.1) is 77.2 Å². The fraction of sp³-hybridized carbons (Fsp3) is 0.393. The van der Waals surface area contributed by atoms with Crippen LogP contribution in [0.2, 0.25) is 18.6 Å². The molecule has 14 nitrogen and oxygen atoms in total. The van der Waals surface area contributed by atoms with Crippen molar-refractivity contribution in [1.29, 1.82) is 0 Å². The second-order valence-electron chi connectivity index (χ2n) is 19.5. The highest BCUT2D eigenvalue weighted by molar-refractivity contribution is 6.91. The molecule has 1 fully saturated rings.